The topological polar surface area (TPSA) is 82.6 Å². The molecule has 3 amide bonds. The van der Waals surface area contributed by atoms with Gasteiger partial charge in [-0.25, -0.2) is 4.79 Å². The van der Waals surface area contributed by atoms with Crippen molar-refractivity contribution in [2.75, 3.05) is 46.4 Å². The predicted molar refractivity (Wildman–Crippen MR) is 128 cm³/mol. The number of urea groups is 1. The summed E-state index contributed by atoms with van der Waals surface area (Å²) < 4.78 is 11.6. The molecule has 2 saturated heterocycles. The maximum absolute atomic E-state index is 11.9. The highest BCUT2D eigenvalue weighted by atomic mass is 16.5. The summed E-state index contributed by atoms with van der Waals surface area (Å²) in [6.07, 6.45) is 2.24. The molecule has 8 heteroatoms. The second kappa shape index (κ2) is 10.9. The summed E-state index contributed by atoms with van der Waals surface area (Å²) in [5, 5.41) is 11.0. The Bertz CT molecular complexity index is 968. The highest BCUT2D eigenvalue weighted by Gasteiger charge is 2.34. The molecule has 0 aromatic heterocycles. The first-order chi connectivity index (χ1) is 16.4. The molecule has 2 fully saturated rings. The molecule has 0 spiro atoms. The number of hydrogen-bond donors (Lipinski definition) is 1. The van der Waals surface area contributed by atoms with E-state index in [0.717, 1.165) is 43.0 Å². The number of amides is 3. The zero-order valence-corrected chi connectivity index (χ0v) is 19.7. The molecule has 4 rings (SSSR count). The first kappa shape index (κ1) is 24.0. The van der Waals surface area contributed by atoms with Gasteiger partial charge in [-0.2, -0.15) is 0 Å². The van der Waals surface area contributed by atoms with Crippen molar-refractivity contribution in [2.45, 2.75) is 31.4 Å². The Morgan fingerprint density at radius 2 is 1.74 bits per heavy atom. The number of ether oxygens (including phenoxy) is 2. The molecule has 34 heavy (non-hydrogen) atoms. The lowest BCUT2D eigenvalue weighted by molar-refractivity contribution is -0.125. The monoisotopic (exact) mass is 467 g/mol. The number of hydrogen-bond acceptors (Lipinski definition) is 6. The van der Waals surface area contributed by atoms with Crippen molar-refractivity contribution in [3.8, 4) is 11.5 Å². The van der Waals surface area contributed by atoms with Crippen LogP contribution in [0, 0.1) is 0 Å². The average molecular weight is 468 g/mol. The van der Waals surface area contributed by atoms with Gasteiger partial charge < -0.3 is 19.5 Å². The van der Waals surface area contributed by atoms with Gasteiger partial charge in [-0.15, -0.1) is 0 Å². The Balaban J connectivity index is 1.20. The van der Waals surface area contributed by atoms with Crippen molar-refractivity contribution in [2.24, 2.45) is 0 Å². The number of likely N-dealkylation sites (N-methyl/N-ethyl adjacent to an activating group) is 1. The summed E-state index contributed by atoms with van der Waals surface area (Å²) in [5.41, 5.74) is 0.293. The maximum Gasteiger partial charge on any atom is 0.326 e. The number of rotatable bonds is 10. The first-order valence-electron chi connectivity index (χ1n) is 11.8. The Morgan fingerprint density at radius 3 is 2.44 bits per heavy atom. The summed E-state index contributed by atoms with van der Waals surface area (Å²) in [6.45, 7) is 3.49. The number of para-hydroxylation sites is 1. The number of nitrogens with zero attached hydrogens (tertiary/aromatic N) is 3. The second-order valence-corrected chi connectivity index (χ2v) is 9.17. The van der Waals surface area contributed by atoms with Crippen molar-refractivity contribution >= 4 is 11.9 Å². The van der Waals surface area contributed by atoms with Gasteiger partial charge in [-0.1, -0.05) is 30.3 Å². The number of likely N-dealkylation sites (tertiary alicyclic amines) is 1. The van der Waals surface area contributed by atoms with Crippen molar-refractivity contribution < 1.29 is 24.2 Å². The van der Waals surface area contributed by atoms with Crippen LogP contribution in [0.2, 0.25) is 0 Å². The fraction of sp³-hybridized carbons (Fsp3) is 0.462. The third-order valence-electron chi connectivity index (χ3n) is 6.24. The van der Waals surface area contributed by atoms with E-state index in [1.807, 2.05) is 54.6 Å². The van der Waals surface area contributed by atoms with Crippen LogP contribution in [0.4, 0.5) is 4.79 Å². The summed E-state index contributed by atoms with van der Waals surface area (Å²) in [4.78, 5) is 28.6. The van der Waals surface area contributed by atoms with Crippen molar-refractivity contribution in [3.05, 3.63) is 60.2 Å². The van der Waals surface area contributed by atoms with E-state index >= 15 is 0 Å². The molecule has 2 heterocycles. The number of piperidine rings is 1. The average Bonchev–Trinajstić information content (AvgIpc) is 3.08. The van der Waals surface area contributed by atoms with Crippen molar-refractivity contribution in [3.63, 3.8) is 0 Å². The highest BCUT2D eigenvalue weighted by Crippen LogP contribution is 2.25. The Morgan fingerprint density at radius 1 is 1.00 bits per heavy atom. The number of benzene rings is 2. The van der Waals surface area contributed by atoms with Crippen LogP contribution in [0.3, 0.4) is 0 Å². The molecule has 0 bridgehead atoms. The van der Waals surface area contributed by atoms with Gasteiger partial charge in [0.05, 0.1) is 6.61 Å². The molecule has 1 N–H and O–H groups in total. The van der Waals surface area contributed by atoms with Crippen LogP contribution in [0.1, 0.15) is 24.8 Å². The van der Waals surface area contributed by atoms with Crippen molar-refractivity contribution in [1.29, 1.82) is 0 Å². The third-order valence-corrected chi connectivity index (χ3v) is 6.24. The number of aliphatic hydroxyl groups is 1. The van der Waals surface area contributed by atoms with Gasteiger partial charge in [0.2, 0.25) is 5.91 Å². The van der Waals surface area contributed by atoms with E-state index in [4.69, 9.17) is 9.47 Å². The van der Waals surface area contributed by atoms with Crippen LogP contribution in [0.5, 0.6) is 11.5 Å². The summed E-state index contributed by atoms with van der Waals surface area (Å²) in [6, 6.07) is 17.3. The van der Waals surface area contributed by atoms with Gasteiger partial charge >= 0.3 is 6.03 Å². The molecular formula is C26H33N3O5. The number of β-amino-alcohol motifs (C(OH)–C–C–N with tert-alkyl or cyclic N) is 1. The molecular weight excluding hydrogens is 434 g/mol. The zero-order chi connectivity index (χ0) is 24.0. The van der Waals surface area contributed by atoms with E-state index in [9.17, 15) is 14.7 Å². The summed E-state index contributed by atoms with van der Waals surface area (Å²) in [7, 11) is 1.63. The SMILES string of the molecule is CN1CC(=O)N(CCCOc2ccc(CN3CCC[C@@](O)(COc4ccccc4)C3)cc2)C1=O. The zero-order valence-electron chi connectivity index (χ0n) is 19.7. The fourth-order valence-corrected chi connectivity index (χ4v) is 4.44. The lowest BCUT2D eigenvalue weighted by Gasteiger charge is -2.39. The van der Waals surface area contributed by atoms with Gasteiger partial charge in [-0.05, 0) is 55.6 Å². The molecule has 8 nitrogen and oxygen atoms in total. The van der Waals surface area contributed by atoms with E-state index in [1.54, 1.807) is 7.05 Å². The normalized spacial score (nSPS) is 21.2. The van der Waals surface area contributed by atoms with E-state index < -0.39 is 5.60 Å². The van der Waals surface area contributed by atoms with Crippen LogP contribution in [0.15, 0.2) is 54.6 Å². The molecule has 0 aliphatic carbocycles. The van der Waals surface area contributed by atoms with Crippen LogP contribution in [-0.4, -0.2) is 83.8 Å². The second-order valence-electron chi connectivity index (χ2n) is 9.17. The van der Waals surface area contributed by atoms with Gasteiger partial charge in [-0.3, -0.25) is 14.6 Å². The van der Waals surface area contributed by atoms with Crippen molar-refractivity contribution in [1.82, 2.24) is 14.7 Å². The quantitative estimate of drug-likeness (QED) is 0.427. The van der Waals surface area contributed by atoms with Crippen LogP contribution in [0.25, 0.3) is 0 Å². The first-order valence-corrected chi connectivity index (χ1v) is 11.8. The van der Waals surface area contributed by atoms with E-state index in [-0.39, 0.29) is 25.1 Å². The number of carbonyl (C=O) groups excluding carboxylic acids is 2. The van der Waals surface area contributed by atoms with Crippen LogP contribution < -0.4 is 9.47 Å². The van der Waals surface area contributed by atoms with Gasteiger partial charge in [0.25, 0.3) is 0 Å². The minimum absolute atomic E-state index is 0.148. The molecule has 2 aromatic rings. The smallest absolute Gasteiger partial charge is 0.326 e. The lowest BCUT2D eigenvalue weighted by atomic mass is 9.93. The predicted octanol–water partition coefficient (Wildman–Crippen LogP) is 2.76. The third kappa shape index (κ3) is 6.27. The van der Waals surface area contributed by atoms with Gasteiger partial charge in [0.1, 0.15) is 30.3 Å². The molecule has 0 saturated carbocycles. The highest BCUT2D eigenvalue weighted by molar-refractivity contribution is 6.01. The number of carbonyl (C=O) groups is 2. The molecule has 2 aromatic carbocycles. The number of imide groups is 1. The van der Waals surface area contributed by atoms with Crippen LogP contribution >= 0.6 is 0 Å². The largest absolute Gasteiger partial charge is 0.494 e. The molecule has 182 valence electrons. The lowest BCUT2D eigenvalue weighted by Crippen LogP contribution is -2.51. The van der Waals surface area contributed by atoms with E-state index in [0.29, 0.717) is 26.1 Å². The van der Waals surface area contributed by atoms with Gasteiger partial charge in [0, 0.05) is 26.7 Å². The van der Waals surface area contributed by atoms with Gasteiger partial charge in [0.15, 0.2) is 0 Å². The Labute approximate surface area is 200 Å². The summed E-state index contributed by atoms with van der Waals surface area (Å²) in [5.74, 6) is 1.37. The molecule has 0 unspecified atom stereocenters. The maximum atomic E-state index is 11.9. The summed E-state index contributed by atoms with van der Waals surface area (Å²) >= 11 is 0. The fourth-order valence-electron chi connectivity index (χ4n) is 4.44. The standard InChI is InChI=1S/C26H33N3O5/c1-27-18-24(30)29(25(27)31)15-6-16-33-23-11-9-21(10-12-23)17-28-14-5-13-26(32,19-28)20-34-22-7-3-2-4-8-22/h2-4,7-12,32H,5-6,13-20H2,1H3/t26-/m0/s1. The Hall–Kier alpha value is -3.10. The molecule has 1 atom stereocenters. The Kier molecular flexibility index (Phi) is 7.70. The van der Waals surface area contributed by atoms with Crippen LogP contribution in [-0.2, 0) is 11.3 Å². The molecule has 2 aliphatic heterocycles. The van der Waals surface area contributed by atoms with E-state index in [2.05, 4.69) is 4.90 Å². The minimum atomic E-state index is -0.857. The minimum Gasteiger partial charge on any atom is -0.494 e. The molecule has 2 aliphatic rings. The van der Waals surface area contributed by atoms with E-state index in [1.165, 1.54) is 9.80 Å². The molecule has 0 radical (unpaired) electrons.